The summed E-state index contributed by atoms with van der Waals surface area (Å²) in [6.45, 7) is 4.00. The fourth-order valence-corrected chi connectivity index (χ4v) is 2.19. The van der Waals surface area contributed by atoms with E-state index in [-0.39, 0.29) is 11.9 Å². The Bertz CT molecular complexity index is 441. The quantitative estimate of drug-likeness (QED) is 0.552. The zero-order chi connectivity index (χ0) is 13.1. The summed E-state index contributed by atoms with van der Waals surface area (Å²) in [4.78, 5) is 12.0. The van der Waals surface area contributed by atoms with Crippen molar-refractivity contribution in [3.8, 4) is 0 Å². The summed E-state index contributed by atoms with van der Waals surface area (Å²) in [7, 11) is 0. The molecule has 1 aromatic carbocycles. The monoisotopic (exact) mass is 247 g/mol. The van der Waals surface area contributed by atoms with Crippen molar-refractivity contribution in [2.24, 2.45) is 11.8 Å². The van der Waals surface area contributed by atoms with Gasteiger partial charge in [0.2, 0.25) is 0 Å². The van der Waals surface area contributed by atoms with E-state index in [1.165, 1.54) is 12.8 Å². The number of nitrogens with two attached hydrogens (primary N) is 1. The van der Waals surface area contributed by atoms with E-state index < -0.39 is 0 Å². The molecule has 4 N–H and O–H groups in total. The number of hydrogen-bond acceptors (Lipinski definition) is 3. The van der Waals surface area contributed by atoms with Crippen molar-refractivity contribution in [2.75, 3.05) is 5.43 Å². The molecule has 4 heteroatoms. The summed E-state index contributed by atoms with van der Waals surface area (Å²) in [5.74, 6) is 6.19. The number of nitrogens with one attached hydrogen (secondary N) is 2. The molecule has 0 aromatic heterocycles. The molecule has 1 amide bonds. The fourth-order valence-electron chi connectivity index (χ4n) is 2.19. The molecule has 0 heterocycles. The lowest BCUT2D eigenvalue weighted by atomic mass is 10.1. The number of anilines is 1. The molecule has 1 aliphatic rings. The van der Waals surface area contributed by atoms with E-state index in [9.17, 15) is 4.79 Å². The van der Waals surface area contributed by atoms with Crippen LogP contribution in [0.5, 0.6) is 0 Å². The number of hydrazine groups is 1. The third-order valence-corrected chi connectivity index (χ3v) is 3.41. The van der Waals surface area contributed by atoms with Crippen LogP contribution in [0.3, 0.4) is 0 Å². The van der Waals surface area contributed by atoms with Gasteiger partial charge in [-0.25, -0.2) is 0 Å². The molecular formula is C14H21N3O. The summed E-state index contributed by atoms with van der Waals surface area (Å²) in [6.07, 6.45) is 3.72. The molecule has 18 heavy (non-hydrogen) atoms. The number of carbonyl (C=O) groups is 1. The topological polar surface area (TPSA) is 67.2 Å². The van der Waals surface area contributed by atoms with Crippen LogP contribution in [-0.2, 0) is 0 Å². The fraction of sp³-hybridized carbons (Fsp3) is 0.500. The van der Waals surface area contributed by atoms with Gasteiger partial charge in [-0.3, -0.25) is 10.6 Å². The molecule has 4 nitrogen and oxygen atoms in total. The molecule has 1 unspecified atom stereocenters. The average Bonchev–Trinajstić information content (AvgIpc) is 3.12. The van der Waals surface area contributed by atoms with E-state index in [4.69, 9.17) is 5.84 Å². The van der Waals surface area contributed by atoms with Gasteiger partial charge < -0.3 is 10.7 Å². The highest BCUT2D eigenvalue weighted by Crippen LogP contribution is 2.33. The molecule has 1 saturated carbocycles. The second kappa shape index (κ2) is 5.40. The summed E-state index contributed by atoms with van der Waals surface area (Å²) in [6, 6.07) is 5.73. The number of amides is 1. The molecule has 0 saturated heterocycles. The van der Waals surface area contributed by atoms with Gasteiger partial charge in [-0.2, -0.15) is 0 Å². The van der Waals surface area contributed by atoms with Gasteiger partial charge in [0, 0.05) is 11.6 Å². The van der Waals surface area contributed by atoms with E-state index in [1.807, 2.05) is 19.1 Å². The third-order valence-electron chi connectivity index (χ3n) is 3.41. The molecule has 1 aromatic rings. The SMILES string of the molecule is Cc1cc(C(=O)NC(C)CC2CC2)ccc1NN. The van der Waals surface area contributed by atoms with Crippen molar-refractivity contribution in [1.29, 1.82) is 0 Å². The Balaban J connectivity index is 1.97. The molecule has 98 valence electrons. The van der Waals surface area contributed by atoms with Crippen molar-refractivity contribution < 1.29 is 4.79 Å². The third kappa shape index (κ3) is 3.23. The zero-order valence-electron chi connectivity index (χ0n) is 11.0. The Morgan fingerprint density at radius 2 is 2.22 bits per heavy atom. The number of rotatable bonds is 5. The van der Waals surface area contributed by atoms with Crippen molar-refractivity contribution in [1.82, 2.24) is 5.32 Å². The minimum Gasteiger partial charge on any atom is -0.350 e. The number of benzene rings is 1. The van der Waals surface area contributed by atoms with Gasteiger partial charge in [-0.15, -0.1) is 0 Å². The number of aryl methyl sites for hydroxylation is 1. The summed E-state index contributed by atoms with van der Waals surface area (Å²) >= 11 is 0. The van der Waals surface area contributed by atoms with E-state index in [0.29, 0.717) is 5.56 Å². The van der Waals surface area contributed by atoms with E-state index in [0.717, 1.165) is 23.6 Å². The summed E-state index contributed by atoms with van der Waals surface area (Å²) in [5, 5.41) is 3.04. The largest absolute Gasteiger partial charge is 0.350 e. The molecule has 0 bridgehead atoms. The highest BCUT2D eigenvalue weighted by molar-refractivity contribution is 5.95. The first kappa shape index (κ1) is 12.9. The van der Waals surface area contributed by atoms with Gasteiger partial charge in [0.15, 0.2) is 0 Å². The Kier molecular flexibility index (Phi) is 3.87. The normalized spacial score (nSPS) is 16.2. The Morgan fingerprint density at radius 3 is 2.78 bits per heavy atom. The van der Waals surface area contributed by atoms with Gasteiger partial charge in [0.05, 0.1) is 5.69 Å². The second-order valence-electron chi connectivity index (χ2n) is 5.23. The first-order valence-electron chi connectivity index (χ1n) is 6.48. The van der Waals surface area contributed by atoms with Crippen LogP contribution >= 0.6 is 0 Å². The van der Waals surface area contributed by atoms with Crippen LogP contribution in [0.4, 0.5) is 5.69 Å². The predicted molar refractivity (Wildman–Crippen MR) is 73.3 cm³/mol. The lowest BCUT2D eigenvalue weighted by Crippen LogP contribution is -2.32. The predicted octanol–water partition coefficient (Wildman–Crippen LogP) is 2.20. The van der Waals surface area contributed by atoms with Gasteiger partial charge in [0.1, 0.15) is 0 Å². The highest BCUT2D eigenvalue weighted by Gasteiger charge is 2.24. The van der Waals surface area contributed by atoms with Crippen LogP contribution in [0.2, 0.25) is 0 Å². The highest BCUT2D eigenvalue weighted by atomic mass is 16.1. The lowest BCUT2D eigenvalue weighted by Gasteiger charge is -2.14. The van der Waals surface area contributed by atoms with Crippen molar-refractivity contribution in [2.45, 2.75) is 39.2 Å². The minimum absolute atomic E-state index is 0.00479. The molecule has 1 atom stereocenters. The maximum atomic E-state index is 12.0. The average molecular weight is 247 g/mol. The summed E-state index contributed by atoms with van der Waals surface area (Å²) in [5.41, 5.74) is 5.11. The van der Waals surface area contributed by atoms with Crippen molar-refractivity contribution >= 4 is 11.6 Å². The number of hydrogen-bond donors (Lipinski definition) is 3. The van der Waals surface area contributed by atoms with E-state index in [1.54, 1.807) is 6.07 Å². The van der Waals surface area contributed by atoms with Crippen LogP contribution in [-0.4, -0.2) is 11.9 Å². The molecule has 0 aliphatic heterocycles. The van der Waals surface area contributed by atoms with Crippen molar-refractivity contribution in [3.63, 3.8) is 0 Å². The van der Waals surface area contributed by atoms with Crippen LogP contribution in [0.15, 0.2) is 18.2 Å². The summed E-state index contributed by atoms with van der Waals surface area (Å²) < 4.78 is 0. The van der Waals surface area contributed by atoms with Crippen LogP contribution in [0.1, 0.15) is 42.1 Å². The van der Waals surface area contributed by atoms with Crippen molar-refractivity contribution in [3.05, 3.63) is 29.3 Å². The van der Waals surface area contributed by atoms with Gasteiger partial charge in [-0.05, 0) is 49.9 Å². The Hall–Kier alpha value is -1.55. The molecule has 1 fully saturated rings. The maximum Gasteiger partial charge on any atom is 0.251 e. The molecule has 1 aliphatic carbocycles. The molecule has 2 rings (SSSR count). The van der Waals surface area contributed by atoms with E-state index >= 15 is 0 Å². The minimum atomic E-state index is -0.00479. The Labute approximate surface area is 108 Å². The van der Waals surface area contributed by atoms with Gasteiger partial charge in [0.25, 0.3) is 5.91 Å². The Morgan fingerprint density at radius 1 is 1.50 bits per heavy atom. The number of nitrogen functional groups attached to an aromatic ring is 1. The molecular weight excluding hydrogens is 226 g/mol. The molecule has 0 spiro atoms. The van der Waals surface area contributed by atoms with Gasteiger partial charge >= 0.3 is 0 Å². The van der Waals surface area contributed by atoms with Crippen LogP contribution in [0, 0.1) is 12.8 Å². The first-order valence-corrected chi connectivity index (χ1v) is 6.48. The number of carbonyl (C=O) groups excluding carboxylic acids is 1. The maximum absolute atomic E-state index is 12.0. The standard InChI is InChI=1S/C14H21N3O/c1-9-7-12(5-6-13(9)17-15)14(18)16-10(2)8-11-3-4-11/h5-7,10-11,17H,3-4,8,15H2,1-2H3,(H,16,18). The molecule has 0 radical (unpaired) electrons. The van der Waals surface area contributed by atoms with Crippen LogP contribution in [0.25, 0.3) is 0 Å². The zero-order valence-corrected chi connectivity index (χ0v) is 11.0. The first-order chi connectivity index (χ1) is 8.60. The smallest absolute Gasteiger partial charge is 0.251 e. The second-order valence-corrected chi connectivity index (χ2v) is 5.23. The van der Waals surface area contributed by atoms with E-state index in [2.05, 4.69) is 17.7 Å². The van der Waals surface area contributed by atoms with Gasteiger partial charge in [-0.1, -0.05) is 12.8 Å². The lowest BCUT2D eigenvalue weighted by molar-refractivity contribution is 0.0937. The van der Waals surface area contributed by atoms with Crippen LogP contribution < -0.4 is 16.6 Å².